The second-order valence-electron chi connectivity index (χ2n) is 7.96. The number of aromatic hydroxyl groups is 1. The lowest BCUT2D eigenvalue weighted by Gasteiger charge is -2.38. The maximum Gasteiger partial charge on any atom is 0.336 e. The Hall–Kier alpha value is -2.74. The first kappa shape index (κ1) is 23.9. The molecule has 1 heterocycles. The number of hydrogen-bond acceptors (Lipinski definition) is 8. The first-order valence-electron chi connectivity index (χ1n) is 10.7. The van der Waals surface area contributed by atoms with Crippen LogP contribution >= 0.6 is 11.8 Å². The molecule has 2 aliphatic rings. The highest BCUT2D eigenvalue weighted by Gasteiger charge is 2.47. The SMILES string of the molecule is CCSCCOC(=O)C1=C(C)NC2=C(C(=O)C(C(=O)OC)C(C)C2)C1c1cccc(O)c1. The average Bonchev–Trinajstić information content (AvgIpc) is 2.75. The van der Waals surface area contributed by atoms with Crippen molar-refractivity contribution in [1.29, 1.82) is 0 Å². The normalized spacial score (nSPS) is 22.9. The summed E-state index contributed by atoms with van der Waals surface area (Å²) in [6.45, 7) is 5.90. The number of carbonyl (C=O) groups excluding carboxylic acids is 3. The molecule has 1 aliphatic heterocycles. The van der Waals surface area contributed by atoms with Crippen LogP contribution in [0.15, 0.2) is 46.8 Å². The molecule has 2 N–H and O–H groups in total. The molecule has 0 fully saturated rings. The molecular formula is C24H29NO6S. The highest BCUT2D eigenvalue weighted by molar-refractivity contribution is 7.99. The Morgan fingerprint density at radius 1 is 1.31 bits per heavy atom. The molecule has 3 rings (SSSR count). The minimum absolute atomic E-state index is 0.0223. The van der Waals surface area contributed by atoms with Gasteiger partial charge < -0.3 is 19.9 Å². The number of phenols is 1. The second kappa shape index (κ2) is 10.3. The van der Waals surface area contributed by atoms with E-state index in [0.29, 0.717) is 40.3 Å². The number of allylic oxidation sites excluding steroid dienone is 3. The molecule has 32 heavy (non-hydrogen) atoms. The monoisotopic (exact) mass is 459 g/mol. The summed E-state index contributed by atoms with van der Waals surface area (Å²) in [5.41, 5.74) is 2.53. The third kappa shape index (κ3) is 4.70. The summed E-state index contributed by atoms with van der Waals surface area (Å²) in [5, 5.41) is 13.3. The van der Waals surface area contributed by atoms with Crippen LogP contribution in [-0.2, 0) is 23.9 Å². The highest BCUT2D eigenvalue weighted by atomic mass is 32.2. The second-order valence-corrected chi connectivity index (χ2v) is 9.36. The molecule has 3 atom stereocenters. The Bertz CT molecular complexity index is 982. The number of methoxy groups -OCH3 is 1. The van der Waals surface area contributed by atoms with Gasteiger partial charge >= 0.3 is 11.9 Å². The highest BCUT2D eigenvalue weighted by Crippen LogP contribution is 2.45. The van der Waals surface area contributed by atoms with Gasteiger partial charge in [-0.3, -0.25) is 9.59 Å². The molecular weight excluding hydrogens is 430 g/mol. The molecule has 0 amide bonds. The first-order chi connectivity index (χ1) is 15.3. The van der Waals surface area contributed by atoms with Crippen molar-refractivity contribution in [3.63, 3.8) is 0 Å². The molecule has 172 valence electrons. The van der Waals surface area contributed by atoms with Crippen LogP contribution in [0.2, 0.25) is 0 Å². The van der Waals surface area contributed by atoms with E-state index in [1.54, 1.807) is 30.8 Å². The van der Waals surface area contributed by atoms with Crippen molar-refractivity contribution in [1.82, 2.24) is 5.32 Å². The van der Waals surface area contributed by atoms with Crippen LogP contribution in [0.1, 0.15) is 38.7 Å². The van der Waals surface area contributed by atoms with E-state index in [4.69, 9.17) is 9.47 Å². The Balaban J connectivity index is 2.07. The number of Topliss-reactive ketones (excluding diaryl/α,β-unsaturated/α-hetero) is 1. The molecule has 1 aromatic carbocycles. The van der Waals surface area contributed by atoms with Crippen molar-refractivity contribution in [3.05, 3.63) is 52.4 Å². The first-order valence-corrected chi connectivity index (χ1v) is 11.8. The van der Waals surface area contributed by atoms with Crippen LogP contribution in [0.25, 0.3) is 0 Å². The Morgan fingerprint density at radius 2 is 2.06 bits per heavy atom. The van der Waals surface area contributed by atoms with Gasteiger partial charge in [-0.15, -0.1) is 0 Å². The summed E-state index contributed by atoms with van der Waals surface area (Å²) in [6.07, 6.45) is 0.461. The van der Waals surface area contributed by atoms with Crippen LogP contribution in [0, 0.1) is 11.8 Å². The van der Waals surface area contributed by atoms with Gasteiger partial charge in [-0.1, -0.05) is 26.0 Å². The molecule has 0 aromatic heterocycles. The number of carbonyl (C=O) groups is 3. The Morgan fingerprint density at radius 3 is 2.72 bits per heavy atom. The van der Waals surface area contributed by atoms with Gasteiger partial charge in [0.25, 0.3) is 0 Å². The number of benzene rings is 1. The van der Waals surface area contributed by atoms with E-state index in [2.05, 4.69) is 5.32 Å². The smallest absolute Gasteiger partial charge is 0.336 e. The molecule has 1 aliphatic carbocycles. The van der Waals surface area contributed by atoms with Crippen LogP contribution in [-0.4, -0.2) is 48.1 Å². The fourth-order valence-electron chi connectivity index (χ4n) is 4.40. The molecule has 0 bridgehead atoms. The van der Waals surface area contributed by atoms with E-state index < -0.39 is 23.8 Å². The number of ether oxygens (including phenoxy) is 2. The average molecular weight is 460 g/mol. The molecule has 1 aromatic rings. The van der Waals surface area contributed by atoms with Crippen molar-refractivity contribution < 1.29 is 29.0 Å². The third-order valence-electron chi connectivity index (χ3n) is 5.83. The van der Waals surface area contributed by atoms with Gasteiger partial charge in [-0.05, 0) is 42.7 Å². The molecule has 3 unspecified atom stereocenters. The van der Waals surface area contributed by atoms with E-state index in [9.17, 15) is 19.5 Å². The van der Waals surface area contributed by atoms with Crippen LogP contribution < -0.4 is 5.32 Å². The number of ketones is 1. The number of esters is 2. The lowest BCUT2D eigenvalue weighted by atomic mass is 9.69. The third-order valence-corrected chi connectivity index (χ3v) is 6.70. The summed E-state index contributed by atoms with van der Waals surface area (Å²) in [6, 6.07) is 6.48. The quantitative estimate of drug-likeness (QED) is 0.364. The molecule has 8 heteroatoms. The molecule has 0 spiro atoms. The maximum absolute atomic E-state index is 13.6. The number of phenolic OH excluding ortho intramolecular Hbond substituents is 1. The summed E-state index contributed by atoms with van der Waals surface area (Å²) in [7, 11) is 1.26. The van der Waals surface area contributed by atoms with Crippen molar-refractivity contribution in [3.8, 4) is 5.75 Å². The topological polar surface area (TPSA) is 102 Å². The van der Waals surface area contributed by atoms with E-state index in [1.165, 1.54) is 19.2 Å². The standard InChI is InChI=1S/C24H29NO6S/c1-5-32-10-9-31-24(29)19-14(3)25-17-11-13(2)18(23(28)30-4)22(27)21(17)20(19)15-7-6-8-16(26)12-15/h6-8,12-13,18,20,25-26H,5,9-11H2,1-4H3. The Kier molecular flexibility index (Phi) is 7.66. The fourth-order valence-corrected chi connectivity index (χ4v) is 4.89. The van der Waals surface area contributed by atoms with Gasteiger partial charge in [0.15, 0.2) is 5.78 Å². The minimum atomic E-state index is -0.947. The van der Waals surface area contributed by atoms with Crippen LogP contribution in [0.4, 0.5) is 0 Å². The summed E-state index contributed by atoms with van der Waals surface area (Å²) < 4.78 is 10.4. The van der Waals surface area contributed by atoms with Gasteiger partial charge in [-0.2, -0.15) is 11.8 Å². The summed E-state index contributed by atoms with van der Waals surface area (Å²) in [4.78, 5) is 39.1. The van der Waals surface area contributed by atoms with Crippen LogP contribution in [0.3, 0.4) is 0 Å². The number of thioether (sulfide) groups is 1. The zero-order valence-corrected chi connectivity index (χ0v) is 19.6. The molecule has 7 nitrogen and oxygen atoms in total. The number of rotatable bonds is 7. The summed E-state index contributed by atoms with van der Waals surface area (Å²) >= 11 is 1.66. The largest absolute Gasteiger partial charge is 0.508 e. The zero-order valence-electron chi connectivity index (χ0n) is 18.8. The van der Waals surface area contributed by atoms with E-state index in [1.807, 2.05) is 13.8 Å². The Labute approximate surface area is 192 Å². The predicted molar refractivity (Wildman–Crippen MR) is 122 cm³/mol. The van der Waals surface area contributed by atoms with Gasteiger partial charge in [0.1, 0.15) is 18.3 Å². The lowest BCUT2D eigenvalue weighted by molar-refractivity contribution is -0.151. The van der Waals surface area contributed by atoms with E-state index in [-0.39, 0.29) is 24.1 Å². The lowest BCUT2D eigenvalue weighted by Crippen LogP contribution is -2.43. The zero-order chi connectivity index (χ0) is 23.4. The van der Waals surface area contributed by atoms with Crippen molar-refractivity contribution in [2.75, 3.05) is 25.2 Å². The van der Waals surface area contributed by atoms with Gasteiger partial charge in [-0.25, -0.2) is 4.79 Å². The minimum Gasteiger partial charge on any atom is -0.508 e. The molecule has 0 saturated carbocycles. The van der Waals surface area contributed by atoms with E-state index in [0.717, 1.165) is 5.75 Å². The number of nitrogens with one attached hydrogen (secondary N) is 1. The van der Waals surface area contributed by atoms with Crippen molar-refractivity contribution in [2.24, 2.45) is 11.8 Å². The van der Waals surface area contributed by atoms with Crippen molar-refractivity contribution >= 4 is 29.5 Å². The van der Waals surface area contributed by atoms with Gasteiger partial charge in [0, 0.05) is 28.6 Å². The molecule has 0 radical (unpaired) electrons. The maximum atomic E-state index is 13.6. The van der Waals surface area contributed by atoms with Gasteiger partial charge in [0.2, 0.25) is 0 Å². The van der Waals surface area contributed by atoms with Crippen molar-refractivity contribution in [2.45, 2.75) is 33.1 Å². The number of dihydropyridines is 1. The van der Waals surface area contributed by atoms with Crippen LogP contribution in [0.5, 0.6) is 5.75 Å². The van der Waals surface area contributed by atoms with Gasteiger partial charge in [0.05, 0.1) is 12.7 Å². The summed E-state index contributed by atoms with van der Waals surface area (Å²) in [5.74, 6) is -1.81. The predicted octanol–water partition coefficient (Wildman–Crippen LogP) is 3.30. The molecule has 0 saturated heterocycles. The fraction of sp³-hybridized carbons (Fsp3) is 0.458. The number of hydrogen-bond donors (Lipinski definition) is 2. The van der Waals surface area contributed by atoms with E-state index >= 15 is 0 Å².